The van der Waals surface area contributed by atoms with Crippen LogP contribution in [0.2, 0.25) is 0 Å². The molecule has 0 radical (unpaired) electrons. The SMILES string of the molecule is O=C(CC1(O)CCCC1)Nc1ccc(SC(F)F)cc1. The van der Waals surface area contributed by atoms with E-state index in [0.717, 1.165) is 12.8 Å². The molecule has 110 valence electrons. The zero-order chi connectivity index (χ0) is 14.6. The predicted molar refractivity (Wildman–Crippen MR) is 75.0 cm³/mol. The number of nitrogens with one attached hydrogen (secondary N) is 1. The molecule has 2 rings (SSSR count). The summed E-state index contributed by atoms with van der Waals surface area (Å²) in [4.78, 5) is 12.3. The summed E-state index contributed by atoms with van der Waals surface area (Å²) in [5.74, 6) is -2.70. The number of carbonyl (C=O) groups is 1. The molecule has 1 aliphatic carbocycles. The summed E-state index contributed by atoms with van der Waals surface area (Å²) in [6, 6.07) is 6.25. The van der Waals surface area contributed by atoms with Crippen LogP contribution in [0.5, 0.6) is 0 Å². The van der Waals surface area contributed by atoms with Gasteiger partial charge in [0, 0.05) is 10.6 Å². The molecule has 0 aromatic heterocycles. The van der Waals surface area contributed by atoms with Crippen molar-refractivity contribution in [3.63, 3.8) is 0 Å². The van der Waals surface area contributed by atoms with Crippen molar-refractivity contribution >= 4 is 23.4 Å². The van der Waals surface area contributed by atoms with Gasteiger partial charge < -0.3 is 10.4 Å². The number of amides is 1. The van der Waals surface area contributed by atoms with Gasteiger partial charge in [0.05, 0.1) is 12.0 Å². The van der Waals surface area contributed by atoms with Gasteiger partial charge in [-0.3, -0.25) is 4.79 Å². The molecule has 1 aromatic carbocycles. The summed E-state index contributed by atoms with van der Waals surface area (Å²) in [5, 5.41) is 12.8. The van der Waals surface area contributed by atoms with E-state index in [1.54, 1.807) is 12.1 Å². The Morgan fingerprint density at radius 2 is 1.90 bits per heavy atom. The zero-order valence-electron chi connectivity index (χ0n) is 10.9. The number of hydrogen-bond donors (Lipinski definition) is 2. The topological polar surface area (TPSA) is 49.3 Å². The van der Waals surface area contributed by atoms with Crippen LogP contribution in [0.3, 0.4) is 0 Å². The molecule has 2 N–H and O–H groups in total. The van der Waals surface area contributed by atoms with Gasteiger partial charge in [-0.1, -0.05) is 24.6 Å². The van der Waals surface area contributed by atoms with Crippen LogP contribution in [0.15, 0.2) is 29.2 Å². The second-order valence-corrected chi connectivity index (χ2v) is 6.12. The smallest absolute Gasteiger partial charge is 0.288 e. The van der Waals surface area contributed by atoms with Crippen molar-refractivity contribution < 1.29 is 18.7 Å². The molecule has 1 amide bonds. The van der Waals surface area contributed by atoms with E-state index in [4.69, 9.17) is 0 Å². The second-order valence-electron chi connectivity index (χ2n) is 5.06. The molecule has 1 aliphatic rings. The summed E-state index contributed by atoms with van der Waals surface area (Å²) >= 11 is 0.465. The highest BCUT2D eigenvalue weighted by Gasteiger charge is 2.33. The van der Waals surface area contributed by atoms with E-state index in [1.165, 1.54) is 12.1 Å². The van der Waals surface area contributed by atoms with Crippen LogP contribution >= 0.6 is 11.8 Å². The summed E-state index contributed by atoms with van der Waals surface area (Å²) in [6.45, 7) is 0. The maximum atomic E-state index is 12.2. The van der Waals surface area contributed by atoms with Crippen molar-refractivity contribution in [2.24, 2.45) is 0 Å². The molecule has 1 saturated carbocycles. The Kier molecular flexibility index (Phi) is 4.99. The first-order valence-corrected chi connectivity index (χ1v) is 7.42. The van der Waals surface area contributed by atoms with Gasteiger partial charge in [0.1, 0.15) is 0 Å². The number of benzene rings is 1. The zero-order valence-corrected chi connectivity index (χ0v) is 11.8. The number of halogens is 2. The fourth-order valence-corrected chi connectivity index (χ4v) is 2.93. The van der Waals surface area contributed by atoms with Gasteiger partial charge in [0.2, 0.25) is 5.91 Å². The van der Waals surface area contributed by atoms with Crippen molar-refractivity contribution in [3.05, 3.63) is 24.3 Å². The third-order valence-electron chi connectivity index (χ3n) is 3.39. The van der Waals surface area contributed by atoms with Gasteiger partial charge in [-0.05, 0) is 37.1 Å². The van der Waals surface area contributed by atoms with Crippen LogP contribution in [-0.2, 0) is 4.79 Å². The normalized spacial score (nSPS) is 17.4. The van der Waals surface area contributed by atoms with E-state index >= 15 is 0 Å². The van der Waals surface area contributed by atoms with Gasteiger partial charge in [0.25, 0.3) is 5.76 Å². The largest absolute Gasteiger partial charge is 0.389 e. The minimum absolute atomic E-state index is 0.0839. The molecular formula is C14H17F2NO2S. The summed E-state index contributed by atoms with van der Waals surface area (Å²) in [7, 11) is 0. The number of thioether (sulfide) groups is 1. The highest BCUT2D eigenvalue weighted by atomic mass is 32.2. The van der Waals surface area contributed by atoms with Crippen LogP contribution in [0.1, 0.15) is 32.1 Å². The lowest BCUT2D eigenvalue weighted by Crippen LogP contribution is -2.30. The van der Waals surface area contributed by atoms with Crippen LogP contribution in [-0.4, -0.2) is 22.4 Å². The van der Waals surface area contributed by atoms with Gasteiger partial charge in [-0.2, -0.15) is 8.78 Å². The Bertz CT molecular complexity index is 459. The van der Waals surface area contributed by atoms with Crippen LogP contribution < -0.4 is 5.32 Å². The Balaban J connectivity index is 1.87. The standard InChI is InChI=1S/C14H17F2NO2S/c15-13(16)20-11-5-3-10(4-6-11)17-12(18)9-14(19)7-1-2-8-14/h3-6,13,19H,1-2,7-9H2,(H,17,18). The molecule has 6 heteroatoms. The Hall–Kier alpha value is -1.14. The third kappa shape index (κ3) is 4.45. The highest BCUT2D eigenvalue weighted by molar-refractivity contribution is 7.99. The lowest BCUT2D eigenvalue weighted by molar-refractivity contribution is -0.120. The van der Waals surface area contributed by atoms with Gasteiger partial charge in [-0.25, -0.2) is 0 Å². The fraction of sp³-hybridized carbons (Fsp3) is 0.500. The minimum Gasteiger partial charge on any atom is -0.389 e. The molecule has 1 aromatic rings. The number of alkyl halides is 2. The summed E-state index contributed by atoms with van der Waals surface area (Å²) in [6.07, 6.45) is 3.29. The molecule has 0 atom stereocenters. The van der Waals surface area contributed by atoms with E-state index in [9.17, 15) is 18.7 Å². The van der Waals surface area contributed by atoms with Crippen LogP contribution in [0.25, 0.3) is 0 Å². The van der Waals surface area contributed by atoms with Crippen LogP contribution in [0.4, 0.5) is 14.5 Å². The monoisotopic (exact) mass is 301 g/mol. The number of aliphatic hydroxyl groups is 1. The number of hydrogen-bond acceptors (Lipinski definition) is 3. The number of rotatable bonds is 5. The number of carbonyl (C=O) groups excluding carboxylic acids is 1. The van der Waals surface area contributed by atoms with Crippen molar-refractivity contribution in [2.75, 3.05) is 5.32 Å². The molecule has 0 bridgehead atoms. The van der Waals surface area contributed by atoms with Crippen molar-refractivity contribution in [1.82, 2.24) is 0 Å². The molecule has 1 fully saturated rings. The molecule has 0 aliphatic heterocycles. The van der Waals surface area contributed by atoms with E-state index in [2.05, 4.69) is 5.32 Å². The quantitative estimate of drug-likeness (QED) is 0.816. The first kappa shape index (κ1) is 15.3. The second kappa shape index (κ2) is 6.54. The van der Waals surface area contributed by atoms with Crippen molar-refractivity contribution in [1.29, 1.82) is 0 Å². The Labute approximate surface area is 120 Å². The molecule has 0 saturated heterocycles. The van der Waals surface area contributed by atoms with Gasteiger partial charge in [-0.15, -0.1) is 0 Å². The molecule has 0 heterocycles. The summed E-state index contributed by atoms with van der Waals surface area (Å²) in [5.41, 5.74) is -0.328. The minimum atomic E-state index is -2.45. The van der Waals surface area contributed by atoms with E-state index < -0.39 is 11.4 Å². The predicted octanol–water partition coefficient (Wildman–Crippen LogP) is 3.64. The number of anilines is 1. The van der Waals surface area contributed by atoms with Crippen molar-refractivity contribution in [3.8, 4) is 0 Å². The first-order valence-electron chi connectivity index (χ1n) is 6.54. The Morgan fingerprint density at radius 3 is 2.45 bits per heavy atom. The van der Waals surface area contributed by atoms with E-state index in [0.29, 0.717) is 35.2 Å². The average molecular weight is 301 g/mol. The average Bonchev–Trinajstić information content (AvgIpc) is 2.77. The first-order chi connectivity index (χ1) is 9.47. The summed E-state index contributed by atoms with van der Waals surface area (Å²) < 4.78 is 24.3. The molecule has 0 spiro atoms. The van der Waals surface area contributed by atoms with E-state index in [1.807, 2.05) is 0 Å². The molecule has 3 nitrogen and oxygen atoms in total. The Morgan fingerprint density at radius 1 is 1.30 bits per heavy atom. The lowest BCUT2D eigenvalue weighted by atomic mass is 9.97. The third-order valence-corrected chi connectivity index (χ3v) is 4.11. The molecule has 0 unspecified atom stereocenters. The maximum Gasteiger partial charge on any atom is 0.288 e. The van der Waals surface area contributed by atoms with Crippen LogP contribution in [0, 0.1) is 0 Å². The lowest BCUT2D eigenvalue weighted by Gasteiger charge is -2.21. The highest BCUT2D eigenvalue weighted by Crippen LogP contribution is 2.32. The maximum absolute atomic E-state index is 12.2. The van der Waals surface area contributed by atoms with Crippen molar-refractivity contribution in [2.45, 2.75) is 48.4 Å². The van der Waals surface area contributed by atoms with Gasteiger partial charge in [0.15, 0.2) is 0 Å². The molecule has 20 heavy (non-hydrogen) atoms. The van der Waals surface area contributed by atoms with E-state index in [-0.39, 0.29) is 12.3 Å². The molecular weight excluding hydrogens is 284 g/mol. The van der Waals surface area contributed by atoms with Gasteiger partial charge >= 0.3 is 0 Å². The fourth-order valence-electron chi connectivity index (χ4n) is 2.43.